The van der Waals surface area contributed by atoms with E-state index in [1.165, 1.54) is 33.3 Å². The molecular formula is C20H18N2. The normalized spacial score (nSPS) is 13.3. The van der Waals surface area contributed by atoms with Crippen molar-refractivity contribution in [1.82, 2.24) is 4.98 Å². The molecule has 4 rings (SSSR count). The molecule has 22 heavy (non-hydrogen) atoms. The number of pyridine rings is 1. The maximum absolute atomic E-state index is 4.68. The zero-order valence-electron chi connectivity index (χ0n) is 12.7. The molecule has 0 saturated carbocycles. The molecule has 2 aromatic carbocycles. The van der Waals surface area contributed by atoms with Crippen LogP contribution in [0.5, 0.6) is 0 Å². The molecule has 0 spiro atoms. The predicted molar refractivity (Wildman–Crippen MR) is 92.2 cm³/mol. The smallest absolute Gasteiger partial charge is 0.0737 e. The van der Waals surface area contributed by atoms with Crippen molar-refractivity contribution in [3.63, 3.8) is 0 Å². The van der Waals surface area contributed by atoms with Crippen molar-refractivity contribution in [2.75, 3.05) is 0 Å². The van der Waals surface area contributed by atoms with E-state index in [4.69, 9.17) is 0 Å². The van der Waals surface area contributed by atoms with E-state index in [2.05, 4.69) is 53.3 Å². The lowest BCUT2D eigenvalue weighted by atomic mass is 9.93. The maximum Gasteiger partial charge on any atom is 0.0737 e. The first kappa shape index (κ1) is 13.2. The molecule has 0 radical (unpaired) electrons. The van der Waals surface area contributed by atoms with Gasteiger partial charge in [-0.25, -0.2) is 0 Å². The van der Waals surface area contributed by atoms with E-state index in [0.29, 0.717) is 0 Å². The molecule has 0 fully saturated rings. The Kier molecular flexibility index (Phi) is 3.23. The number of aliphatic imine (C=N–C) groups is 1. The zero-order valence-corrected chi connectivity index (χ0v) is 12.7. The molecule has 1 aliphatic heterocycles. The van der Waals surface area contributed by atoms with Gasteiger partial charge in [0.05, 0.1) is 11.2 Å². The number of nitrogens with zero attached hydrogens (tertiary/aromatic N) is 2. The van der Waals surface area contributed by atoms with E-state index < -0.39 is 0 Å². The molecule has 2 heterocycles. The maximum atomic E-state index is 4.68. The van der Waals surface area contributed by atoms with E-state index in [-0.39, 0.29) is 0 Å². The van der Waals surface area contributed by atoms with Gasteiger partial charge in [-0.05, 0) is 48.1 Å². The topological polar surface area (TPSA) is 25.2 Å². The van der Waals surface area contributed by atoms with Crippen LogP contribution in [0.2, 0.25) is 0 Å². The fourth-order valence-corrected chi connectivity index (χ4v) is 3.28. The minimum absolute atomic E-state index is 0.883. The van der Waals surface area contributed by atoms with Crippen molar-refractivity contribution in [2.45, 2.75) is 26.2 Å². The molecule has 0 atom stereocenters. The van der Waals surface area contributed by atoms with E-state index in [9.17, 15) is 0 Å². The van der Waals surface area contributed by atoms with Crippen molar-refractivity contribution in [1.29, 1.82) is 0 Å². The van der Waals surface area contributed by atoms with Crippen molar-refractivity contribution >= 4 is 22.8 Å². The van der Waals surface area contributed by atoms with Crippen molar-refractivity contribution in [2.24, 2.45) is 4.99 Å². The van der Waals surface area contributed by atoms with Gasteiger partial charge in [0.25, 0.3) is 0 Å². The molecule has 0 N–H and O–H groups in total. The Balaban J connectivity index is 1.83. The first-order valence-electron chi connectivity index (χ1n) is 7.79. The minimum Gasteiger partial charge on any atom is -0.261 e. The standard InChI is InChI=1S/C20H18N2/c1-14-9-10-17(20-18(14)8-4-12-22-20)13-16-6-2-5-15-7-3-11-21-19(15)16/h2-3,5-7,9-12H,4,8,13H2,1H3. The van der Waals surface area contributed by atoms with Gasteiger partial charge in [0.15, 0.2) is 0 Å². The monoisotopic (exact) mass is 286 g/mol. The summed E-state index contributed by atoms with van der Waals surface area (Å²) in [6.45, 7) is 2.18. The highest BCUT2D eigenvalue weighted by molar-refractivity contribution is 5.82. The van der Waals surface area contributed by atoms with Crippen LogP contribution in [0.25, 0.3) is 10.9 Å². The molecule has 0 aliphatic carbocycles. The van der Waals surface area contributed by atoms with Crippen LogP contribution in [0, 0.1) is 6.92 Å². The molecule has 0 unspecified atom stereocenters. The molecule has 0 amide bonds. The Bertz CT molecular complexity index is 873. The fourth-order valence-electron chi connectivity index (χ4n) is 3.28. The van der Waals surface area contributed by atoms with Gasteiger partial charge in [-0.2, -0.15) is 0 Å². The number of benzene rings is 2. The molecule has 2 nitrogen and oxygen atoms in total. The lowest BCUT2D eigenvalue weighted by Crippen LogP contribution is -2.01. The second-order valence-electron chi connectivity index (χ2n) is 5.89. The van der Waals surface area contributed by atoms with E-state index in [1.54, 1.807) is 0 Å². The van der Waals surface area contributed by atoms with Crippen molar-refractivity contribution < 1.29 is 0 Å². The molecule has 1 aliphatic rings. The summed E-state index contributed by atoms with van der Waals surface area (Å²) in [5, 5.41) is 1.20. The third-order valence-electron chi connectivity index (χ3n) is 4.44. The van der Waals surface area contributed by atoms with Crippen LogP contribution in [0.15, 0.2) is 53.7 Å². The van der Waals surface area contributed by atoms with Gasteiger partial charge in [-0.3, -0.25) is 9.98 Å². The summed E-state index contributed by atoms with van der Waals surface area (Å²) in [6.07, 6.45) is 6.95. The number of aromatic nitrogens is 1. The highest BCUT2D eigenvalue weighted by Gasteiger charge is 2.14. The number of aryl methyl sites for hydroxylation is 1. The number of hydrogen-bond acceptors (Lipinski definition) is 2. The van der Waals surface area contributed by atoms with E-state index in [0.717, 1.165) is 24.8 Å². The summed E-state index contributed by atoms with van der Waals surface area (Å²) in [6, 6.07) is 15.0. The number of para-hydroxylation sites is 1. The minimum atomic E-state index is 0.883. The highest BCUT2D eigenvalue weighted by Crippen LogP contribution is 2.33. The lowest BCUT2D eigenvalue weighted by Gasteiger charge is -2.17. The summed E-state index contributed by atoms with van der Waals surface area (Å²) < 4.78 is 0. The van der Waals surface area contributed by atoms with Crippen LogP contribution in [-0.4, -0.2) is 11.2 Å². The third-order valence-corrected chi connectivity index (χ3v) is 4.44. The predicted octanol–water partition coefficient (Wildman–Crippen LogP) is 4.78. The van der Waals surface area contributed by atoms with Crippen LogP contribution < -0.4 is 0 Å². The van der Waals surface area contributed by atoms with Gasteiger partial charge in [-0.15, -0.1) is 0 Å². The third kappa shape index (κ3) is 2.21. The van der Waals surface area contributed by atoms with Crippen molar-refractivity contribution in [3.05, 3.63) is 70.9 Å². The summed E-state index contributed by atoms with van der Waals surface area (Å²) in [7, 11) is 0. The van der Waals surface area contributed by atoms with Gasteiger partial charge in [0.1, 0.15) is 0 Å². The van der Waals surface area contributed by atoms with Crippen LogP contribution in [0.4, 0.5) is 5.69 Å². The zero-order chi connectivity index (χ0) is 14.9. The van der Waals surface area contributed by atoms with Gasteiger partial charge in [-0.1, -0.05) is 36.4 Å². The van der Waals surface area contributed by atoms with Gasteiger partial charge in [0, 0.05) is 24.2 Å². The van der Waals surface area contributed by atoms with E-state index in [1.807, 2.05) is 18.5 Å². The molecule has 0 saturated heterocycles. The summed E-state index contributed by atoms with van der Waals surface area (Å²) >= 11 is 0. The Labute approximate surface area is 130 Å². The van der Waals surface area contributed by atoms with Crippen LogP contribution in [0.3, 0.4) is 0 Å². The number of rotatable bonds is 2. The van der Waals surface area contributed by atoms with E-state index >= 15 is 0 Å². The summed E-state index contributed by atoms with van der Waals surface area (Å²) in [5.41, 5.74) is 7.61. The average molecular weight is 286 g/mol. The Morgan fingerprint density at radius 3 is 2.86 bits per heavy atom. The molecule has 3 aromatic rings. The van der Waals surface area contributed by atoms with Gasteiger partial charge in [0.2, 0.25) is 0 Å². The first-order valence-corrected chi connectivity index (χ1v) is 7.79. The Hall–Kier alpha value is -2.48. The highest BCUT2D eigenvalue weighted by atomic mass is 14.7. The molecular weight excluding hydrogens is 268 g/mol. The van der Waals surface area contributed by atoms with Gasteiger partial charge < -0.3 is 0 Å². The molecule has 2 heteroatoms. The SMILES string of the molecule is Cc1ccc(Cc2cccc3cccnc23)c2c1CCC=N2. The fraction of sp³-hybridized carbons (Fsp3) is 0.200. The second-order valence-corrected chi connectivity index (χ2v) is 5.89. The van der Waals surface area contributed by atoms with Crippen LogP contribution in [-0.2, 0) is 12.8 Å². The number of hydrogen-bond donors (Lipinski definition) is 0. The first-order chi connectivity index (χ1) is 10.8. The number of fused-ring (bicyclic) bond motifs is 2. The second kappa shape index (κ2) is 5.38. The van der Waals surface area contributed by atoms with Gasteiger partial charge >= 0.3 is 0 Å². The molecule has 0 bridgehead atoms. The molecule has 1 aromatic heterocycles. The molecule has 108 valence electrons. The average Bonchev–Trinajstić information content (AvgIpc) is 2.58. The Morgan fingerprint density at radius 1 is 1.00 bits per heavy atom. The summed E-state index contributed by atoms with van der Waals surface area (Å²) in [5.74, 6) is 0. The van der Waals surface area contributed by atoms with Crippen molar-refractivity contribution in [3.8, 4) is 0 Å². The van der Waals surface area contributed by atoms with Crippen LogP contribution >= 0.6 is 0 Å². The van der Waals surface area contributed by atoms with Crippen LogP contribution in [0.1, 0.15) is 28.7 Å². The lowest BCUT2D eigenvalue weighted by molar-refractivity contribution is 0.995. The quantitative estimate of drug-likeness (QED) is 0.665. The largest absolute Gasteiger partial charge is 0.261 e. The summed E-state index contributed by atoms with van der Waals surface area (Å²) in [4.78, 5) is 9.25. The Morgan fingerprint density at radius 2 is 1.91 bits per heavy atom.